The zero-order valence-corrected chi connectivity index (χ0v) is 9.32. The number of rotatable bonds is 2. The lowest BCUT2D eigenvalue weighted by Gasteiger charge is -2.05. The maximum absolute atomic E-state index is 11.8. The van der Waals surface area contributed by atoms with Crippen LogP contribution in [-0.4, -0.2) is 21.2 Å². The third-order valence-electron chi connectivity index (χ3n) is 2.11. The molecule has 17 heavy (non-hydrogen) atoms. The van der Waals surface area contributed by atoms with E-state index in [1.165, 1.54) is 24.4 Å². The van der Waals surface area contributed by atoms with Gasteiger partial charge in [-0.15, -0.1) is 0 Å². The van der Waals surface area contributed by atoms with E-state index in [1.807, 2.05) is 0 Å². The molecule has 1 aromatic carbocycles. The molecular formula is C10H9ClN4O2. The average Bonchev–Trinajstić information content (AvgIpc) is 2.68. The van der Waals surface area contributed by atoms with E-state index in [4.69, 9.17) is 17.3 Å². The molecule has 0 bridgehead atoms. The predicted molar refractivity (Wildman–Crippen MR) is 64.1 cm³/mol. The number of nitrogens with one attached hydrogen (secondary N) is 2. The summed E-state index contributed by atoms with van der Waals surface area (Å²) in [5.74, 6) is -0.416. The number of halogens is 1. The molecule has 0 fully saturated rings. The molecule has 0 spiro atoms. The average molecular weight is 253 g/mol. The topological polar surface area (TPSA) is 104 Å². The van der Waals surface area contributed by atoms with E-state index in [9.17, 15) is 9.90 Å². The van der Waals surface area contributed by atoms with E-state index < -0.39 is 5.91 Å². The van der Waals surface area contributed by atoms with Crippen molar-refractivity contribution >= 4 is 29.0 Å². The van der Waals surface area contributed by atoms with E-state index in [-0.39, 0.29) is 17.1 Å². The third kappa shape index (κ3) is 2.31. The molecule has 0 aliphatic carbocycles. The number of amides is 1. The number of phenols is 1. The quantitative estimate of drug-likeness (QED) is 0.652. The molecule has 2 aromatic rings. The Balaban J connectivity index is 2.26. The Morgan fingerprint density at radius 3 is 2.94 bits per heavy atom. The number of phenolic OH excluding ortho intramolecular Hbond substituents is 1. The highest BCUT2D eigenvalue weighted by atomic mass is 35.5. The number of aromatic amines is 1. The Morgan fingerprint density at radius 2 is 2.29 bits per heavy atom. The smallest absolute Gasteiger partial charge is 0.260 e. The van der Waals surface area contributed by atoms with Crippen molar-refractivity contribution in [2.24, 2.45) is 0 Å². The third-order valence-corrected chi connectivity index (χ3v) is 2.35. The van der Waals surface area contributed by atoms with Crippen molar-refractivity contribution in [3.63, 3.8) is 0 Å². The van der Waals surface area contributed by atoms with Crippen LogP contribution in [0.2, 0.25) is 5.02 Å². The Kier molecular flexibility index (Phi) is 2.88. The van der Waals surface area contributed by atoms with Crippen LogP contribution in [0.25, 0.3) is 0 Å². The first-order valence-corrected chi connectivity index (χ1v) is 5.04. The van der Waals surface area contributed by atoms with Gasteiger partial charge in [0.2, 0.25) is 0 Å². The van der Waals surface area contributed by atoms with Crippen LogP contribution >= 0.6 is 11.6 Å². The minimum absolute atomic E-state index is 0.0616. The molecule has 0 atom stereocenters. The van der Waals surface area contributed by atoms with Crippen LogP contribution in [0.4, 0.5) is 11.5 Å². The van der Waals surface area contributed by atoms with Crippen molar-refractivity contribution in [2.75, 3.05) is 11.1 Å². The molecule has 0 aliphatic rings. The van der Waals surface area contributed by atoms with Gasteiger partial charge in [-0.25, -0.2) is 0 Å². The van der Waals surface area contributed by atoms with Crippen LogP contribution in [0.1, 0.15) is 10.4 Å². The van der Waals surface area contributed by atoms with E-state index in [1.54, 1.807) is 0 Å². The summed E-state index contributed by atoms with van der Waals surface area (Å²) in [4.78, 5) is 11.8. The summed E-state index contributed by atoms with van der Waals surface area (Å²) in [7, 11) is 0. The summed E-state index contributed by atoms with van der Waals surface area (Å²) in [5.41, 5.74) is 5.90. The van der Waals surface area contributed by atoms with Crippen LogP contribution in [0.15, 0.2) is 24.4 Å². The molecule has 1 aromatic heterocycles. The van der Waals surface area contributed by atoms with Crippen molar-refractivity contribution in [1.29, 1.82) is 0 Å². The van der Waals surface area contributed by atoms with Gasteiger partial charge in [0, 0.05) is 5.02 Å². The molecule has 1 heterocycles. The monoisotopic (exact) mass is 252 g/mol. The number of carbonyl (C=O) groups is 1. The fraction of sp³-hybridized carbons (Fsp3) is 0. The highest BCUT2D eigenvalue weighted by molar-refractivity contribution is 6.31. The lowest BCUT2D eigenvalue weighted by Crippen LogP contribution is -2.13. The summed E-state index contributed by atoms with van der Waals surface area (Å²) in [6.45, 7) is 0. The number of aromatic hydroxyl groups is 1. The summed E-state index contributed by atoms with van der Waals surface area (Å²) in [5, 5.41) is 18.5. The Bertz CT molecular complexity index is 567. The minimum atomic E-state index is -0.527. The van der Waals surface area contributed by atoms with Crippen molar-refractivity contribution in [2.45, 2.75) is 0 Å². The highest BCUT2D eigenvalue weighted by Gasteiger charge is 2.13. The van der Waals surface area contributed by atoms with Crippen LogP contribution in [0, 0.1) is 0 Å². The number of benzene rings is 1. The van der Waals surface area contributed by atoms with Gasteiger partial charge in [0.15, 0.2) is 5.82 Å². The fourth-order valence-electron chi connectivity index (χ4n) is 1.27. The summed E-state index contributed by atoms with van der Waals surface area (Å²) >= 11 is 5.74. The van der Waals surface area contributed by atoms with Gasteiger partial charge < -0.3 is 16.2 Å². The van der Waals surface area contributed by atoms with Crippen molar-refractivity contribution in [1.82, 2.24) is 10.2 Å². The molecule has 0 unspecified atom stereocenters. The molecule has 2 rings (SSSR count). The molecular weight excluding hydrogens is 244 g/mol. The number of nitrogen functional groups attached to an aromatic ring is 1. The number of hydrogen-bond donors (Lipinski definition) is 4. The fourth-order valence-corrected chi connectivity index (χ4v) is 1.44. The lowest BCUT2D eigenvalue weighted by atomic mass is 10.2. The molecule has 0 saturated carbocycles. The van der Waals surface area contributed by atoms with E-state index in [0.717, 1.165) is 0 Å². The first-order valence-electron chi connectivity index (χ1n) is 4.66. The first-order chi connectivity index (χ1) is 8.08. The molecule has 1 amide bonds. The van der Waals surface area contributed by atoms with Gasteiger partial charge in [-0.05, 0) is 18.2 Å². The predicted octanol–water partition coefficient (Wildman–Crippen LogP) is 1.60. The molecule has 6 nitrogen and oxygen atoms in total. The number of anilines is 2. The maximum Gasteiger partial charge on any atom is 0.260 e. The van der Waals surface area contributed by atoms with Crippen LogP contribution in [0.3, 0.4) is 0 Å². The number of aromatic nitrogens is 2. The van der Waals surface area contributed by atoms with Crippen LogP contribution in [-0.2, 0) is 0 Å². The zero-order chi connectivity index (χ0) is 12.4. The molecule has 0 radical (unpaired) electrons. The van der Waals surface area contributed by atoms with E-state index >= 15 is 0 Å². The van der Waals surface area contributed by atoms with Crippen molar-refractivity contribution in [3.8, 4) is 5.75 Å². The Labute approximate surface area is 101 Å². The van der Waals surface area contributed by atoms with Gasteiger partial charge in [0.05, 0.1) is 17.4 Å². The van der Waals surface area contributed by atoms with Gasteiger partial charge in [0.1, 0.15) is 5.75 Å². The Morgan fingerprint density at radius 1 is 1.53 bits per heavy atom. The van der Waals surface area contributed by atoms with E-state index in [0.29, 0.717) is 10.7 Å². The lowest BCUT2D eigenvalue weighted by molar-refractivity contribution is 0.102. The van der Waals surface area contributed by atoms with Gasteiger partial charge >= 0.3 is 0 Å². The molecule has 88 valence electrons. The largest absolute Gasteiger partial charge is 0.507 e. The van der Waals surface area contributed by atoms with Crippen molar-refractivity contribution in [3.05, 3.63) is 35.0 Å². The van der Waals surface area contributed by atoms with Crippen molar-refractivity contribution < 1.29 is 9.90 Å². The normalized spacial score (nSPS) is 10.2. The maximum atomic E-state index is 11.8. The van der Waals surface area contributed by atoms with Crippen LogP contribution < -0.4 is 11.1 Å². The second kappa shape index (κ2) is 4.34. The minimum Gasteiger partial charge on any atom is -0.507 e. The van der Waals surface area contributed by atoms with Gasteiger partial charge in [-0.1, -0.05) is 11.6 Å². The second-order valence-corrected chi connectivity index (χ2v) is 3.75. The number of H-pyrrole nitrogens is 1. The molecule has 0 aliphatic heterocycles. The number of nitrogens with zero attached hydrogens (tertiary/aromatic N) is 1. The number of hydrogen-bond acceptors (Lipinski definition) is 4. The molecule has 5 N–H and O–H groups in total. The summed E-state index contributed by atoms with van der Waals surface area (Å²) in [6.07, 6.45) is 1.37. The number of nitrogens with two attached hydrogens (primary N) is 1. The second-order valence-electron chi connectivity index (χ2n) is 3.32. The molecule has 0 saturated heterocycles. The SMILES string of the molecule is Nc1cn[nH]c1NC(=O)c1cc(Cl)ccc1O. The van der Waals surface area contributed by atoms with Gasteiger partial charge in [0.25, 0.3) is 5.91 Å². The van der Waals surface area contributed by atoms with E-state index in [2.05, 4.69) is 15.5 Å². The number of carbonyl (C=O) groups excluding carboxylic acids is 1. The Hall–Kier alpha value is -2.21. The summed E-state index contributed by atoms with van der Waals surface area (Å²) in [6, 6.07) is 4.19. The van der Waals surface area contributed by atoms with Gasteiger partial charge in [-0.2, -0.15) is 5.10 Å². The summed E-state index contributed by atoms with van der Waals surface area (Å²) < 4.78 is 0. The zero-order valence-electron chi connectivity index (χ0n) is 8.57. The standard InChI is InChI=1S/C10H9ClN4O2/c11-5-1-2-8(16)6(3-5)10(17)14-9-7(12)4-13-15-9/h1-4,16H,12H2,(H2,13,14,15,17). The molecule has 7 heteroatoms. The van der Waals surface area contributed by atoms with Gasteiger partial charge in [-0.3, -0.25) is 9.89 Å². The first kappa shape index (κ1) is 11.3. The highest BCUT2D eigenvalue weighted by Crippen LogP contribution is 2.23. The van der Waals surface area contributed by atoms with Crippen LogP contribution in [0.5, 0.6) is 5.75 Å².